The summed E-state index contributed by atoms with van der Waals surface area (Å²) in [5, 5.41) is 0.159. The van der Waals surface area contributed by atoms with Crippen LogP contribution in [0.25, 0.3) is 0 Å². The second-order valence-corrected chi connectivity index (χ2v) is 8.39. The number of carbonyl (C=O) groups excluding carboxylic acids is 2. The highest BCUT2D eigenvalue weighted by Gasteiger charge is 2.31. The minimum Gasteiger partial charge on any atom is -0.321 e. The summed E-state index contributed by atoms with van der Waals surface area (Å²) in [5.74, 6) is -0.436. The molecule has 3 rings (SSSR count). The number of rotatable bonds is 3. The first kappa shape index (κ1) is 20.1. The van der Waals surface area contributed by atoms with E-state index in [2.05, 4.69) is 10.9 Å². The van der Waals surface area contributed by atoms with Crippen molar-refractivity contribution in [1.29, 1.82) is 0 Å². The molecule has 0 spiro atoms. The molecule has 10 heteroatoms. The van der Waals surface area contributed by atoms with Gasteiger partial charge in [-0.2, -0.15) is 4.31 Å². The summed E-state index contributed by atoms with van der Waals surface area (Å²) in [5.41, 5.74) is 5.10. The minimum atomic E-state index is -3.73. The van der Waals surface area contributed by atoms with Crippen LogP contribution >= 0.6 is 11.6 Å². The predicted molar refractivity (Wildman–Crippen MR) is 104 cm³/mol. The SMILES string of the molecule is O=C(NNC(=O)N1CCN(S(=O)(=O)c2ccccc2Cl)CC1)c1ccccc1. The maximum absolute atomic E-state index is 12.7. The molecule has 1 aliphatic rings. The fraction of sp³-hybridized carbons (Fsp3) is 0.222. The van der Waals surface area contributed by atoms with E-state index in [1.165, 1.54) is 21.3 Å². The first-order chi connectivity index (χ1) is 13.4. The topological polar surface area (TPSA) is 98.8 Å². The molecule has 3 amide bonds. The van der Waals surface area contributed by atoms with Gasteiger partial charge in [0.2, 0.25) is 10.0 Å². The second kappa shape index (κ2) is 8.59. The van der Waals surface area contributed by atoms with Crippen LogP contribution in [0.2, 0.25) is 5.02 Å². The normalized spacial score (nSPS) is 15.1. The Hall–Kier alpha value is -2.62. The monoisotopic (exact) mass is 422 g/mol. The lowest BCUT2D eigenvalue weighted by atomic mass is 10.2. The summed E-state index contributed by atoms with van der Waals surface area (Å²) in [6, 6.07) is 14.2. The summed E-state index contributed by atoms with van der Waals surface area (Å²) in [6.45, 7) is 0.647. The Labute approximate surface area is 168 Å². The van der Waals surface area contributed by atoms with Gasteiger partial charge in [-0.15, -0.1) is 0 Å². The third kappa shape index (κ3) is 4.44. The third-order valence-corrected chi connectivity index (χ3v) is 6.70. The van der Waals surface area contributed by atoms with Crippen LogP contribution in [-0.2, 0) is 10.0 Å². The molecule has 0 bridgehead atoms. The van der Waals surface area contributed by atoms with Gasteiger partial charge in [0.25, 0.3) is 5.91 Å². The molecule has 8 nitrogen and oxygen atoms in total. The number of amides is 3. The van der Waals surface area contributed by atoms with Crippen LogP contribution in [0.1, 0.15) is 10.4 Å². The van der Waals surface area contributed by atoms with Crippen molar-refractivity contribution in [3.63, 3.8) is 0 Å². The van der Waals surface area contributed by atoms with Gasteiger partial charge in [0, 0.05) is 31.7 Å². The fourth-order valence-corrected chi connectivity index (χ4v) is 4.69. The van der Waals surface area contributed by atoms with E-state index < -0.39 is 22.0 Å². The van der Waals surface area contributed by atoms with Crippen molar-refractivity contribution in [3.05, 3.63) is 65.2 Å². The number of nitrogens with one attached hydrogen (secondary N) is 2. The van der Waals surface area contributed by atoms with E-state index in [9.17, 15) is 18.0 Å². The van der Waals surface area contributed by atoms with Crippen molar-refractivity contribution < 1.29 is 18.0 Å². The van der Waals surface area contributed by atoms with E-state index in [1.54, 1.807) is 42.5 Å². The summed E-state index contributed by atoms with van der Waals surface area (Å²) in [6.07, 6.45) is 0. The van der Waals surface area contributed by atoms with Gasteiger partial charge in [0.05, 0.1) is 5.02 Å². The number of halogens is 1. The Bertz CT molecular complexity index is 961. The number of nitrogens with zero attached hydrogens (tertiary/aromatic N) is 2. The molecule has 1 saturated heterocycles. The van der Waals surface area contributed by atoms with E-state index in [1.807, 2.05) is 0 Å². The Balaban J connectivity index is 1.54. The third-order valence-electron chi connectivity index (χ3n) is 4.30. The molecule has 1 heterocycles. The first-order valence-corrected chi connectivity index (χ1v) is 10.4. The van der Waals surface area contributed by atoms with Gasteiger partial charge in [-0.3, -0.25) is 10.2 Å². The highest BCUT2D eigenvalue weighted by Crippen LogP contribution is 2.24. The van der Waals surface area contributed by atoms with E-state index in [-0.39, 0.29) is 36.1 Å². The molecule has 2 aromatic rings. The maximum Gasteiger partial charge on any atom is 0.336 e. The van der Waals surface area contributed by atoms with Crippen molar-refractivity contribution in [2.24, 2.45) is 0 Å². The molecule has 0 atom stereocenters. The summed E-state index contributed by atoms with van der Waals surface area (Å²) in [4.78, 5) is 25.7. The smallest absolute Gasteiger partial charge is 0.321 e. The standard InChI is InChI=1S/C18H19ClN4O4S/c19-15-8-4-5-9-16(15)28(26,27)23-12-10-22(11-13-23)18(25)21-20-17(24)14-6-2-1-3-7-14/h1-9H,10-13H2,(H,20,24)(H,21,25). The maximum atomic E-state index is 12.7. The number of hydrogen-bond donors (Lipinski definition) is 2. The van der Waals surface area contributed by atoms with Gasteiger partial charge in [-0.1, -0.05) is 41.9 Å². The second-order valence-electron chi connectivity index (χ2n) is 6.07. The van der Waals surface area contributed by atoms with Crippen molar-refractivity contribution in [2.75, 3.05) is 26.2 Å². The molecule has 1 fully saturated rings. The van der Waals surface area contributed by atoms with E-state index in [0.29, 0.717) is 5.56 Å². The minimum absolute atomic E-state index is 0.0460. The zero-order chi connectivity index (χ0) is 20.1. The summed E-state index contributed by atoms with van der Waals surface area (Å²) < 4.78 is 26.7. The molecule has 0 saturated carbocycles. The quantitative estimate of drug-likeness (QED) is 0.735. The molecular formula is C18H19ClN4O4S. The van der Waals surface area contributed by atoms with Gasteiger partial charge in [-0.05, 0) is 24.3 Å². The van der Waals surface area contributed by atoms with Crippen molar-refractivity contribution in [2.45, 2.75) is 4.90 Å². The summed E-state index contributed by atoms with van der Waals surface area (Å²) in [7, 11) is -3.73. The molecule has 1 aliphatic heterocycles. The zero-order valence-electron chi connectivity index (χ0n) is 14.8. The Kier molecular flexibility index (Phi) is 6.18. The highest BCUT2D eigenvalue weighted by molar-refractivity contribution is 7.89. The van der Waals surface area contributed by atoms with Crippen molar-refractivity contribution >= 4 is 33.6 Å². The first-order valence-electron chi connectivity index (χ1n) is 8.54. The van der Waals surface area contributed by atoms with Crippen LogP contribution < -0.4 is 10.9 Å². The van der Waals surface area contributed by atoms with Crippen LogP contribution in [0, 0.1) is 0 Å². The van der Waals surface area contributed by atoms with Crippen LogP contribution in [-0.4, -0.2) is 55.7 Å². The molecular weight excluding hydrogens is 404 g/mol. The van der Waals surface area contributed by atoms with Crippen molar-refractivity contribution in [1.82, 2.24) is 20.1 Å². The number of urea groups is 1. The lowest BCUT2D eigenvalue weighted by molar-refractivity contribution is 0.0926. The zero-order valence-corrected chi connectivity index (χ0v) is 16.4. The van der Waals surface area contributed by atoms with Crippen LogP contribution in [0.15, 0.2) is 59.5 Å². The molecule has 2 N–H and O–H groups in total. The molecule has 0 unspecified atom stereocenters. The molecule has 0 aliphatic carbocycles. The Morgan fingerprint density at radius 2 is 1.46 bits per heavy atom. The average molecular weight is 423 g/mol. The number of hydrazine groups is 1. The van der Waals surface area contributed by atoms with Crippen LogP contribution in [0.3, 0.4) is 0 Å². The number of sulfonamides is 1. The van der Waals surface area contributed by atoms with Gasteiger partial charge in [0.1, 0.15) is 4.90 Å². The van der Waals surface area contributed by atoms with E-state index in [4.69, 9.17) is 11.6 Å². The molecule has 0 radical (unpaired) electrons. The molecule has 148 valence electrons. The summed E-state index contributed by atoms with van der Waals surface area (Å²) >= 11 is 6.01. The fourth-order valence-electron chi connectivity index (χ4n) is 2.78. The molecule has 28 heavy (non-hydrogen) atoms. The van der Waals surface area contributed by atoms with Gasteiger partial charge < -0.3 is 4.90 Å². The van der Waals surface area contributed by atoms with Crippen molar-refractivity contribution in [3.8, 4) is 0 Å². The van der Waals surface area contributed by atoms with Crippen LogP contribution in [0.5, 0.6) is 0 Å². The van der Waals surface area contributed by atoms with E-state index >= 15 is 0 Å². The number of carbonyl (C=O) groups is 2. The lowest BCUT2D eigenvalue weighted by Crippen LogP contribution is -2.56. The number of benzene rings is 2. The molecule has 2 aromatic carbocycles. The number of hydrogen-bond acceptors (Lipinski definition) is 4. The lowest BCUT2D eigenvalue weighted by Gasteiger charge is -2.34. The van der Waals surface area contributed by atoms with Crippen LogP contribution in [0.4, 0.5) is 4.79 Å². The Morgan fingerprint density at radius 3 is 2.11 bits per heavy atom. The number of piperazine rings is 1. The van der Waals surface area contributed by atoms with Gasteiger partial charge in [0.15, 0.2) is 0 Å². The highest BCUT2D eigenvalue weighted by atomic mass is 35.5. The molecule has 0 aromatic heterocycles. The largest absolute Gasteiger partial charge is 0.336 e. The average Bonchev–Trinajstić information content (AvgIpc) is 2.72. The van der Waals surface area contributed by atoms with E-state index in [0.717, 1.165) is 0 Å². The van der Waals surface area contributed by atoms with Gasteiger partial charge in [-0.25, -0.2) is 18.6 Å². The van der Waals surface area contributed by atoms with Gasteiger partial charge >= 0.3 is 6.03 Å². The predicted octanol–water partition coefficient (Wildman–Crippen LogP) is 1.70. The Morgan fingerprint density at radius 1 is 0.857 bits per heavy atom.